The monoisotopic (exact) mass is 269 g/mol. The molecule has 0 saturated heterocycles. The molecule has 1 atom stereocenters. The molecule has 0 bridgehead atoms. The summed E-state index contributed by atoms with van der Waals surface area (Å²) in [6, 6.07) is 4.10. The summed E-state index contributed by atoms with van der Waals surface area (Å²) in [5.41, 5.74) is -1.10. The first-order valence-corrected chi connectivity index (χ1v) is 5.95. The highest BCUT2D eigenvalue weighted by atomic mass is 16.6. The predicted molar refractivity (Wildman–Crippen MR) is 70.6 cm³/mol. The van der Waals surface area contributed by atoms with Crippen molar-refractivity contribution in [3.05, 3.63) is 28.3 Å². The summed E-state index contributed by atoms with van der Waals surface area (Å²) in [4.78, 5) is 10.2. The summed E-state index contributed by atoms with van der Waals surface area (Å²) in [6.45, 7) is 5.42. The molecule has 0 aromatic heterocycles. The van der Waals surface area contributed by atoms with Crippen LogP contribution in [0.3, 0.4) is 0 Å². The highest BCUT2D eigenvalue weighted by Gasteiger charge is 2.26. The quantitative estimate of drug-likeness (QED) is 0.633. The lowest BCUT2D eigenvalue weighted by Crippen LogP contribution is -2.37. The number of non-ortho nitro benzene ring substituents is 1. The molecule has 1 N–H and O–H groups in total. The SMILES string of the molecule is COc1ccc([N+](=O)[O-])cc1OCC(C)(O)C(C)C. The van der Waals surface area contributed by atoms with Crippen molar-refractivity contribution in [2.75, 3.05) is 13.7 Å². The van der Waals surface area contributed by atoms with Crippen LogP contribution in [0.2, 0.25) is 0 Å². The zero-order valence-electron chi connectivity index (χ0n) is 11.5. The highest BCUT2D eigenvalue weighted by molar-refractivity contribution is 5.48. The Hall–Kier alpha value is -1.82. The number of rotatable bonds is 6. The smallest absolute Gasteiger partial charge is 0.273 e. The van der Waals surface area contributed by atoms with E-state index in [1.807, 2.05) is 13.8 Å². The number of hydrogen-bond donors (Lipinski definition) is 1. The van der Waals surface area contributed by atoms with E-state index in [4.69, 9.17) is 9.47 Å². The molecular weight excluding hydrogens is 250 g/mol. The molecule has 19 heavy (non-hydrogen) atoms. The van der Waals surface area contributed by atoms with Gasteiger partial charge in [0.15, 0.2) is 11.5 Å². The fourth-order valence-electron chi connectivity index (χ4n) is 1.28. The zero-order valence-corrected chi connectivity index (χ0v) is 11.5. The molecule has 6 heteroatoms. The van der Waals surface area contributed by atoms with Crippen molar-refractivity contribution >= 4 is 5.69 Å². The minimum absolute atomic E-state index is 0.00260. The molecule has 0 saturated carbocycles. The van der Waals surface area contributed by atoms with E-state index in [0.29, 0.717) is 5.75 Å². The van der Waals surface area contributed by atoms with Gasteiger partial charge in [-0.1, -0.05) is 13.8 Å². The lowest BCUT2D eigenvalue weighted by atomic mass is 9.94. The Bertz CT molecular complexity index is 456. The fraction of sp³-hybridized carbons (Fsp3) is 0.538. The van der Waals surface area contributed by atoms with E-state index in [2.05, 4.69) is 0 Å². The van der Waals surface area contributed by atoms with Crippen LogP contribution in [0.1, 0.15) is 20.8 Å². The molecule has 1 aromatic rings. The average Bonchev–Trinajstić information content (AvgIpc) is 2.35. The molecule has 0 radical (unpaired) electrons. The van der Waals surface area contributed by atoms with Crippen LogP contribution in [-0.4, -0.2) is 29.3 Å². The van der Waals surface area contributed by atoms with Gasteiger partial charge in [0.05, 0.1) is 23.7 Å². The first-order valence-electron chi connectivity index (χ1n) is 5.95. The third-order valence-corrected chi connectivity index (χ3v) is 3.12. The van der Waals surface area contributed by atoms with Gasteiger partial charge in [-0.25, -0.2) is 0 Å². The lowest BCUT2D eigenvalue weighted by molar-refractivity contribution is -0.385. The second-order valence-corrected chi connectivity index (χ2v) is 4.89. The van der Waals surface area contributed by atoms with Crippen molar-refractivity contribution in [3.63, 3.8) is 0 Å². The third-order valence-electron chi connectivity index (χ3n) is 3.12. The van der Waals surface area contributed by atoms with E-state index in [-0.39, 0.29) is 24.0 Å². The second kappa shape index (κ2) is 5.88. The van der Waals surface area contributed by atoms with Gasteiger partial charge in [0.2, 0.25) is 0 Å². The van der Waals surface area contributed by atoms with Gasteiger partial charge in [0.1, 0.15) is 6.61 Å². The minimum Gasteiger partial charge on any atom is -0.493 e. The standard InChI is InChI=1S/C13H19NO5/c1-9(2)13(3,15)8-19-12-7-10(14(16)17)5-6-11(12)18-4/h5-7,9,15H,8H2,1-4H3. The van der Waals surface area contributed by atoms with Crippen molar-refractivity contribution < 1.29 is 19.5 Å². The van der Waals surface area contributed by atoms with Crippen molar-refractivity contribution in [2.24, 2.45) is 5.92 Å². The highest BCUT2D eigenvalue weighted by Crippen LogP contribution is 2.32. The van der Waals surface area contributed by atoms with Crippen molar-refractivity contribution in [2.45, 2.75) is 26.4 Å². The number of nitro benzene ring substituents is 1. The van der Waals surface area contributed by atoms with Gasteiger partial charge >= 0.3 is 0 Å². The van der Waals surface area contributed by atoms with Gasteiger partial charge in [0, 0.05) is 6.07 Å². The maximum atomic E-state index is 10.7. The molecule has 0 fully saturated rings. The summed E-state index contributed by atoms with van der Waals surface area (Å²) < 4.78 is 10.5. The van der Waals surface area contributed by atoms with E-state index >= 15 is 0 Å². The van der Waals surface area contributed by atoms with Gasteiger partial charge < -0.3 is 14.6 Å². The Morgan fingerprint density at radius 3 is 2.53 bits per heavy atom. The first-order chi connectivity index (χ1) is 8.77. The number of benzene rings is 1. The molecular formula is C13H19NO5. The number of nitrogens with zero attached hydrogens (tertiary/aromatic N) is 1. The largest absolute Gasteiger partial charge is 0.493 e. The molecule has 6 nitrogen and oxygen atoms in total. The summed E-state index contributed by atoms with van der Waals surface area (Å²) in [5, 5.41) is 20.8. The molecule has 0 aliphatic heterocycles. The number of nitro groups is 1. The van der Waals surface area contributed by atoms with E-state index in [9.17, 15) is 15.2 Å². The second-order valence-electron chi connectivity index (χ2n) is 4.89. The summed E-state index contributed by atoms with van der Waals surface area (Å²) in [6.07, 6.45) is 0. The Kier molecular flexibility index (Phi) is 4.72. The Balaban J connectivity index is 2.92. The van der Waals surface area contributed by atoms with Crippen LogP contribution < -0.4 is 9.47 Å². The number of hydrogen-bond acceptors (Lipinski definition) is 5. The van der Waals surface area contributed by atoms with Crippen LogP contribution in [0.5, 0.6) is 11.5 Å². The number of methoxy groups -OCH3 is 1. The van der Waals surface area contributed by atoms with E-state index in [0.717, 1.165) is 0 Å². The normalized spacial score (nSPS) is 14.0. The van der Waals surface area contributed by atoms with Gasteiger partial charge in [-0.2, -0.15) is 0 Å². The van der Waals surface area contributed by atoms with Gasteiger partial charge in [-0.3, -0.25) is 10.1 Å². The summed E-state index contributed by atoms with van der Waals surface area (Å²) in [7, 11) is 1.45. The molecule has 1 unspecified atom stereocenters. The molecule has 1 aromatic carbocycles. The van der Waals surface area contributed by atoms with Crippen LogP contribution in [0, 0.1) is 16.0 Å². The van der Waals surface area contributed by atoms with Gasteiger partial charge in [0.25, 0.3) is 5.69 Å². The van der Waals surface area contributed by atoms with Crippen LogP contribution in [0.25, 0.3) is 0 Å². The number of aliphatic hydroxyl groups is 1. The Morgan fingerprint density at radius 1 is 1.42 bits per heavy atom. The van der Waals surface area contributed by atoms with Crippen molar-refractivity contribution in [1.29, 1.82) is 0 Å². The van der Waals surface area contributed by atoms with Crippen LogP contribution >= 0.6 is 0 Å². The topological polar surface area (TPSA) is 81.8 Å². The average molecular weight is 269 g/mol. The van der Waals surface area contributed by atoms with Crippen LogP contribution in [-0.2, 0) is 0 Å². The van der Waals surface area contributed by atoms with Crippen LogP contribution in [0.4, 0.5) is 5.69 Å². The van der Waals surface area contributed by atoms with Gasteiger partial charge in [-0.05, 0) is 18.9 Å². The molecule has 0 aliphatic rings. The minimum atomic E-state index is -1.02. The van der Waals surface area contributed by atoms with Gasteiger partial charge in [-0.15, -0.1) is 0 Å². The van der Waals surface area contributed by atoms with Crippen molar-refractivity contribution in [1.82, 2.24) is 0 Å². The van der Waals surface area contributed by atoms with Crippen molar-refractivity contribution in [3.8, 4) is 11.5 Å². The lowest BCUT2D eigenvalue weighted by Gasteiger charge is -2.27. The molecule has 106 valence electrons. The Labute approximate surface area is 112 Å². The molecule has 0 aliphatic carbocycles. The summed E-state index contributed by atoms with van der Waals surface area (Å²) >= 11 is 0. The molecule has 0 heterocycles. The van der Waals surface area contributed by atoms with E-state index in [1.54, 1.807) is 6.92 Å². The third kappa shape index (κ3) is 3.82. The first kappa shape index (κ1) is 15.2. The maximum absolute atomic E-state index is 10.7. The van der Waals surface area contributed by atoms with E-state index in [1.165, 1.54) is 25.3 Å². The molecule has 0 amide bonds. The molecule has 1 rings (SSSR count). The Morgan fingerprint density at radius 2 is 2.05 bits per heavy atom. The summed E-state index contributed by atoms with van der Waals surface area (Å²) in [5.74, 6) is 0.639. The molecule has 0 spiro atoms. The van der Waals surface area contributed by atoms with E-state index < -0.39 is 10.5 Å². The number of ether oxygens (including phenoxy) is 2. The van der Waals surface area contributed by atoms with Crippen LogP contribution in [0.15, 0.2) is 18.2 Å². The maximum Gasteiger partial charge on any atom is 0.273 e. The fourth-order valence-corrected chi connectivity index (χ4v) is 1.28. The predicted octanol–water partition coefficient (Wildman–Crippen LogP) is 2.39. The zero-order chi connectivity index (χ0) is 14.6.